The second-order valence-electron chi connectivity index (χ2n) is 3.48. The highest BCUT2D eigenvalue weighted by molar-refractivity contribution is 6.31. The van der Waals surface area contributed by atoms with Gasteiger partial charge >= 0.3 is 5.97 Å². The largest absolute Gasteiger partial charge is 0.481 e. The third-order valence-corrected chi connectivity index (χ3v) is 2.65. The summed E-state index contributed by atoms with van der Waals surface area (Å²) in [5, 5.41) is 10.3. The van der Waals surface area contributed by atoms with E-state index in [0.717, 1.165) is 5.39 Å². The lowest BCUT2D eigenvalue weighted by Crippen LogP contribution is -2.10. The van der Waals surface area contributed by atoms with E-state index in [9.17, 15) is 4.79 Å². The number of hydrogen-bond donors (Lipinski definition) is 1. The second-order valence-corrected chi connectivity index (χ2v) is 3.92. The fraction of sp³-hybridized carbons (Fsp3) is 0.182. The number of benzene rings is 1. The Balaban J connectivity index is 2.66. The molecule has 1 aromatic heterocycles. The van der Waals surface area contributed by atoms with Gasteiger partial charge in [-0.05, 0) is 25.1 Å². The Labute approximate surface area is 96.9 Å². The number of rotatable bonds is 2. The van der Waals surface area contributed by atoms with E-state index in [-0.39, 0.29) is 0 Å². The fourth-order valence-corrected chi connectivity index (χ4v) is 1.68. The maximum Gasteiger partial charge on any atom is 0.312 e. The first-order valence-electron chi connectivity index (χ1n) is 4.72. The summed E-state index contributed by atoms with van der Waals surface area (Å²) in [4.78, 5) is 19.0. The number of carboxylic acid groups (broad SMARTS) is 1. The first-order valence-corrected chi connectivity index (χ1v) is 5.10. The molecule has 0 aliphatic heterocycles. The molecule has 0 amide bonds. The molecular formula is C11H9ClN2O2. The molecule has 0 radical (unpaired) electrons. The summed E-state index contributed by atoms with van der Waals surface area (Å²) in [6.45, 7) is 1.60. The van der Waals surface area contributed by atoms with Crippen LogP contribution in [-0.4, -0.2) is 21.0 Å². The Bertz CT molecular complexity index is 557. The molecule has 1 heterocycles. The minimum atomic E-state index is -0.907. The van der Waals surface area contributed by atoms with Crippen molar-refractivity contribution in [3.05, 3.63) is 35.2 Å². The van der Waals surface area contributed by atoms with Gasteiger partial charge in [0.05, 0.1) is 17.1 Å². The smallest absolute Gasteiger partial charge is 0.312 e. The van der Waals surface area contributed by atoms with E-state index in [1.807, 2.05) is 0 Å². The highest BCUT2D eigenvalue weighted by Gasteiger charge is 2.18. The monoisotopic (exact) mass is 236 g/mol. The molecule has 0 spiro atoms. The van der Waals surface area contributed by atoms with Gasteiger partial charge in [0.15, 0.2) is 0 Å². The number of hydrogen-bond acceptors (Lipinski definition) is 3. The molecule has 1 N–H and O–H groups in total. The third kappa shape index (κ3) is 1.84. The van der Waals surface area contributed by atoms with Gasteiger partial charge < -0.3 is 5.11 Å². The van der Waals surface area contributed by atoms with Crippen LogP contribution in [-0.2, 0) is 4.79 Å². The van der Waals surface area contributed by atoms with Crippen molar-refractivity contribution in [1.82, 2.24) is 9.97 Å². The van der Waals surface area contributed by atoms with E-state index in [0.29, 0.717) is 16.2 Å². The molecule has 2 aromatic rings. The minimum Gasteiger partial charge on any atom is -0.481 e. The number of aliphatic carboxylic acids is 1. The van der Waals surface area contributed by atoms with Crippen molar-refractivity contribution in [1.29, 1.82) is 0 Å². The maximum atomic E-state index is 10.9. The van der Waals surface area contributed by atoms with Crippen molar-refractivity contribution in [3.8, 4) is 0 Å². The standard InChI is InChI=1S/C11H9ClN2O2/c1-6(11(15)16)10-8-3-2-7(12)4-9(8)13-5-14-10/h2-6H,1H3,(H,15,16). The Morgan fingerprint density at radius 3 is 2.88 bits per heavy atom. The van der Waals surface area contributed by atoms with E-state index < -0.39 is 11.9 Å². The molecule has 0 saturated carbocycles. The van der Waals surface area contributed by atoms with Crippen LogP contribution in [0.25, 0.3) is 10.9 Å². The van der Waals surface area contributed by atoms with Crippen LogP contribution in [0, 0.1) is 0 Å². The van der Waals surface area contributed by atoms with Crippen LogP contribution in [0.4, 0.5) is 0 Å². The molecule has 4 nitrogen and oxygen atoms in total. The highest BCUT2D eigenvalue weighted by Crippen LogP contribution is 2.24. The normalized spacial score (nSPS) is 12.6. The van der Waals surface area contributed by atoms with E-state index in [1.54, 1.807) is 25.1 Å². The second kappa shape index (κ2) is 4.06. The zero-order valence-electron chi connectivity index (χ0n) is 8.51. The Morgan fingerprint density at radius 1 is 1.44 bits per heavy atom. The lowest BCUT2D eigenvalue weighted by Gasteiger charge is -2.08. The van der Waals surface area contributed by atoms with Gasteiger partial charge in [-0.15, -0.1) is 0 Å². The van der Waals surface area contributed by atoms with Crippen molar-refractivity contribution in [3.63, 3.8) is 0 Å². The number of aromatic nitrogens is 2. The summed E-state index contributed by atoms with van der Waals surface area (Å²) in [5.41, 5.74) is 1.17. The van der Waals surface area contributed by atoms with E-state index in [2.05, 4.69) is 9.97 Å². The molecule has 0 saturated heterocycles. The predicted molar refractivity (Wildman–Crippen MR) is 60.6 cm³/mol. The van der Waals surface area contributed by atoms with Gasteiger partial charge in [0.25, 0.3) is 0 Å². The van der Waals surface area contributed by atoms with Crippen molar-refractivity contribution < 1.29 is 9.90 Å². The Kier molecular flexibility index (Phi) is 2.75. The van der Waals surface area contributed by atoms with Crippen LogP contribution in [0.15, 0.2) is 24.5 Å². The van der Waals surface area contributed by atoms with Crippen molar-refractivity contribution in [2.24, 2.45) is 0 Å². The lowest BCUT2D eigenvalue weighted by atomic mass is 10.0. The molecular weight excluding hydrogens is 228 g/mol. The molecule has 1 atom stereocenters. The molecule has 2 rings (SSSR count). The molecule has 0 fully saturated rings. The first kappa shape index (κ1) is 10.8. The topological polar surface area (TPSA) is 63.1 Å². The zero-order chi connectivity index (χ0) is 11.7. The van der Waals surface area contributed by atoms with Crippen molar-refractivity contribution >= 4 is 28.5 Å². The highest BCUT2D eigenvalue weighted by atomic mass is 35.5. The van der Waals surface area contributed by atoms with Crippen LogP contribution < -0.4 is 0 Å². The predicted octanol–water partition coefficient (Wildman–Crippen LogP) is 2.47. The fourth-order valence-electron chi connectivity index (χ4n) is 1.51. The van der Waals surface area contributed by atoms with Gasteiger partial charge in [-0.2, -0.15) is 0 Å². The van der Waals surface area contributed by atoms with Gasteiger partial charge in [0.2, 0.25) is 0 Å². The minimum absolute atomic E-state index is 0.508. The summed E-state index contributed by atoms with van der Waals surface area (Å²) in [6, 6.07) is 5.13. The molecule has 82 valence electrons. The van der Waals surface area contributed by atoms with Gasteiger partial charge in [0.1, 0.15) is 6.33 Å². The Morgan fingerprint density at radius 2 is 2.19 bits per heavy atom. The van der Waals surface area contributed by atoms with E-state index in [1.165, 1.54) is 6.33 Å². The Hall–Kier alpha value is -1.68. The van der Waals surface area contributed by atoms with Gasteiger partial charge in [-0.1, -0.05) is 11.6 Å². The summed E-state index contributed by atoms with van der Waals surface area (Å²) in [7, 11) is 0. The van der Waals surface area contributed by atoms with Gasteiger partial charge in [-0.3, -0.25) is 4.79 Å². The molecule has 0 aliphatic rings. The number of carboxylic acids is 1. The van der Waals surface area contributed by atoms with Crippen molar-refractivity contribution in [2.45, 2.75) is 12.8 Å². The summed E-state index contributed by atoms with van der Waals surface area (Å²) < 4.78 is 0. The molecule has 0 aliphatic carbocycles. The van der Waals surface area contributed by atoms with E-state index in [4.69, 9.17) is 16.7 Å². The average Bonchev–Trinajstić information content (AvgIpc) is 2.26. The molecule has 16 heavy (non-hydrogen) atoms. The molecule has 1 aromatic carbocycles. The first-order chi connectivity index (χ1) is 7.59. The van der Waals surface area contributed by atoms with Crippen LogP contribution in [0.1, 0.15) is 18.5 Å². The SMILES string of the molecule is CC(C(=O)O)c1ncnc2cc(Cl)ccc12. The number of carbonyl (C=O) groups is 1. The van der Waals surface area contributed by atoms with Gasteiger partial charge in [-0.25, -0.2) is 9.97 Å². The van der Waals surface area contributed by atoms with E-state index >= 15 is 0 Å². The van der Waals surface area contributed by atoms with Crippen LogP contribution in [0.2, 0.25) is 5.02 Å². The summed E-state index contributed by atoms with van der Waals surface area (Å²) >= 11 is 5.84. The third-order valence-electron chi connectivity index (χ3n) is 2.41. The number of fused-ring (bicyclic) bond motifs is 1. The van der Waals surface area contributed by atoms with Crippen LogP contribution in [0.3, 0.4) is 0 Å². The van der Waals surface area contributed by atoms with Crippen LogP contribution >= 0.6 is 11.6 Å². The zero-order valence-corrected chi connectivity index (χ0v) is 9.27. The lowest BCUT2D eigenvalue weighted by molar-refractivity contribution is -0.138. The van der Waals surface area contributed by atoms with Gasteiger partial charge in [0, 0.05) is 10.4 Å². The average molecular weight is 237 g/mol. The number of nitrogens with zero attached hydrogens (tertiary/aromatic N) is 2. The quantitative estimate of drug-likeness (QED) is 0.870. The van der Waals surface area contributed by atoms with Crippen molar-refractivity contribution in [2.75, 3.05) is 0 Å². The maximum absolute atomic E-state index is 10.9. The van der Waals surface area contributed by atoms with Crippen LogP contribution in [0.5, 0.6) is 0 Å². The molecule has 1 unspecified atom stereocenters. The summed E-state index contributed by atoms with van der Waals surface area (Å²) in [5.74, 6) is -1.57. The molecule has 5 heteroatoms. The summed E-state index contributed by atoms with van der Waals surface area (Å²) in [6.07, 6.45) is 1.35. The molecule has 0 bridgehead atoms. The number of halogens is 1.